The highest BCUT2D eigenvalue weighted by molar-refractivity contribution is 7.89. The minimum Gasteiger partial charge on any atom is -0.356 e. The summed E-state index contributed by atoms with van der Waals surface area (Å²) in [7, 11) is -1.70. The molecule has 3 aliphatic rings. The zero-order chi connectivity index (χ0) is 18.8. The number of aromatic nitrogens is 4. The second kappa shape index (κ2) is 6.00. The summed E-state index contributed by atoms with van der Waals surface area (Å²) in [5.74, 6) is 2.97. The minimum absolute atomic E-state index is 0.157. The van der Waals surface area contributed by atoms with Crippen LogP contribution in [0.2, 0.25) is 0 Å². The number of nitrogens with zero attached hydrogens (tertiary/aromatic N) is 6. The van der Waals surface area contributed by atoms with Gasteiger partial charge in [-0.05, 0) is 31.6 Å². The molecule has 0 amide bonds. The van der Waals surface area contributed by atoms with Gasteiger partial charge in [-0.2, -0.15) is 4.31 Å². The molecule has 2 saturated heterocycles. The zero-order valence-corrected chi connectivity index (χ0v) is 16.4. The van der Waals surface area contributed by atoms with Crippen LogP contribution in [-0.2, 0) is 17.1 Å². The van der Waals surface area contributed by atoms with Crippen molar-refractivity contribution in [1.82, 2.24) is 23.8 Å². The van der Waals surface area contributed by atoms with Crippen LogP contribution >= 0.6 is 0 Å². The number of imidazole rings is 1. The van der Waals surface area contributed by atoms with Gasteiger partial charge in [-0.15, -0.1) is 0 Å². The van der Waals surface area contributed by atoms with Crippen molar-refractivity contribution in [1.29, 1.82) is 0 Å². The van der Waals surface area contributed by atoms with E-state index < -0.39 is 10.0 Å². The molecule has 144 valence electrons. The molecule has 1 aliphatic carbocycles. The van der Waals surface area contributed by atoms with Crippen LogP contribution in [0.3, 0.4) is 0 Å². The third-order valence-electron chi connectivity index (χ3n) is 6.14. The predicted octanol–water partition coefficient (Wildman–Crippen LogP) is 1.15. The van der Waals surface area contributed by atoms with E-state index in [1.807, 2.05) is 14.0 Å². The fourth-order valence-corrected chi connectivity index (χ4v) is 5.83. The molecular weight excluding hydrogens is 364 g/mol. The molecule has 4 heterocycles. The maximum atomic E-state index is 12.9. The van der Waals surface area contributed by atoms with Crippen LogP contribution in [0.15, 0.2) is 23.6 Å². The van der Waals surface area contributed by atoms with Crippen molar-refractivity contribution >= 4 is 15.8 Å². The molecule has 0 bridgehead atoms. The van der Waals surface area contributed by atoms with Gasteiger partial charge in [0.2, 0.25) is 0 Å². The standard InChI is InChI=1S/C18H24N6O2S/c1-12-21-18(10-22(12)2)27(25,26)24-8-14-6-23(7-15(14)9-24)17-5-16(13-3-4-13)19-11-20-17/h5,10-11,13-15H,3-4,6-9H2,1-2H3. The molecule has 0 radical (unpaired) electrons. The second-order valence-corrected chi connectivity index (χ2v) is 9.94. The summed E-state index contributed by atoms with van der Waals surface area (Å²) >= 11 is 0. The van der Waals surface area contributed by atoms with E-state index in [2.05, 4.69) is 25.9 Å². The lowest BCUT2D eigenvalue weighted by Gasteiger charge is -2.21. The summed E-state index contributed by atoms with van der Waals surface area (Å²) in [5, 5.41) is 0.157. The van der Waals surface area contributed by atoms with E-state index in [9.17, 15) is 8.42 Å². The van der Waals surface area contributed by atoms with Crippen molar-refractivity contribution in [3.8, 4) is 0 Å². The van der Waals surface area contributed by atoms with Crippen LogP contribution in [0.1, 0.15) is 30.3 Å². The Bertz CT molecular complexity index is 950. The molecule has 5 rings (SSSR count). The van der Waals surface area contributed by atoms with Crippen molar-refractivity contribution < 1.29 is 8.42 Å². The van der Waals surface area contributed by atoms with Crippen molar-refractivity contribution in [3.63, 3.8) is 0 Å². The van der Waals surface area contributed by atoms with Crippen LogP contribution in [0.4, 0.5) is 5.82 Å². The highest BCUT2D eigenvalue weighted by Gasteiger charge is 2.45. The van der Waals surface area contributed by atoms with Crippen LogP contribution in [-0.4, -0.2) is 58.4 Å². The molecule has 8 nitrogen and oxygen atoms in total. The summed E-state index contributed by atoms with van der Waals surface area (Å²) in [6.07, 6.45) is 5.71. The highest BCUT2D eigenvalue weighted by atomic mass is 32.2. The summed E-state index contributed by atoms with van der Waals surface area (Å²) in [5.41, 5.74) is 1.15. The van der Waals surface area contributed by atoms with Crippen LogP contribution < -0.4 is 4.90 Å². The fourth-order valence-electron chi connectivity index (χ4n) is 4.25. The molecule has 2 aliphatic heterocycles. The molecule has 0 spiro atoms. The normalized spacial score (nSPS) is 25.9. The Balaban J connectivity index is 1.30. The van der Waals surface area contributed by atoms with E-state index in [-0.39, 0.29) is 5.03 Å². The Labute approximate surface area is 159 Å². The summed E-state index contributed by atoms with van der Waals surface area (Å²) in [4.78, 5) is 15.4. The predicted molar refractivity (Wildman–Crippen MR) is 99.9 cm³/mol. The Hall–Kier alpha value is -2.00. The highest BCUT2D eigenvalue weighted by Crippen LogP contribution is 2.40. The molecule has 2 atom stereocenters. The molecule has 0 aromatic carbocycles. The van der Waals surface area contributed by atoms with Crippen LogP contribution in [0.5, 0.6) is 0 Å². The van der Waals surface area contributed by atoms with E-state index in [1.54, 1.807) is 21.4 Å². The van der Waals surface area contributed by atoms with Gasteiger partial charge >= 0.3 is 0 Å². The van der Waals surface area contributed by atoms with E-state index in [1.165, 1.54) is 12.8 Å². The number of aryl methyl sites for hydroxylation is 2. The molecule has 2 unspecified atom stereocenters. The van der Waals surface area contributed by atoms with Crippen molar-refractivity contribution in [3.05, 3.63) is 30.1 Å². The summed E-state index contributed by atoms with van der Waals surface area (Å²) in [6.45, 7) is 4.62. The lowest BCUT2D eigenvalue weighted by atomic mass is 10.0. The first kappa shape index (κ1) is 17.1. The molecule has 1 saturated carbocycles. The Morgan fingerprint density at radius 3 is 2.37 bits per heavy atom. The summed E-state index contributed by atoms with van der Waals surface area (Å²) < 4.78 is 29.2. The first-order chi connectivity index (χ1) is 12.9. The van der Waals surface area contributed by atoms with Crippen LogP contribution in [0, 0.1) is 18.8 Å². The third-order valence-corrected chi connectivity index (χ3v) is 7.84. The van der Waals surface area contributed by atoms with Gasteiger partial charge in [-0.3, -0.25) is 0 Å². The van der Waals surface area contributed by atoms with Crippen LogP contribution in [0.25, 0.3) is 0 Å². The van der Waals surface area contributed by atoms with Crippen molar-refractivity contribution in [2.45, 2.75) is 30.7 Å². The van der Waals surface area contributed by atoms with Gasteiger partial charge in [0.05, 0.1) is 0 Å². The van der Waals surface area contributed by atoms with Gasteiger partial charge in [-0.1, -0.05) is 0 Å². The van der Waals surface area contributed by atoms with Gasteiger partial charge in [-0.25, -0.2) is 23.4 Å². The SMILES string of the molecule is Cc1nc(S(=O)(=O)N2CC3CN(c4cc(C5CC5)ncn4)CC3C2)cn1C. The molecule has 3 fully saturated rings. The van der Waals surface area contributed by atoms with Gasteiger partial charge in [0.15, 0.2) is 5.03 Å². The number of fused-ring (bicyclic) bond motifs is 1. The average Bonchev–Trinajstić information content (AvgIpc) is 3.16. The number of anilines is 1. The largest absolute Gasteiger partial charge is 0.356 e. The number of hydrogen-bond donors (Lipinski definition) is 0. The first-order valence-electron chi connectivity index (χ1n) is 9.49. The lowest BCUT2D eigenvalue weighted by Crippen LogP contribution is -2.33. The van der Waals surface area contributed by atoms with Gasteiger partial charge in [0.25, 0.3) is 10.0 Å². The van der Waals surface area contributed by atoms with E-state index in [0.29, 0.717) is 36.7 Å². The maximum absolute atomic E-state index is 12.9. The maximum Gasteiger partial charge on any atom is 0.262 e. The molecule has 2 aromatic rings. The molecule has 0 N–H and O–H groups in total. The Kier molecular flexibility index (Phi) is 3.80. The number of sulfonamides is 1. The summed E-state index contributed by atoms with van der Waals surface area (Å²) in [6, 6.07) is 2.11. The van der Waals surface area contributed by atoms with E-state index >= 15 is 0 Å². The molecule has 9 heteroatoms. The smallest absolute Gasteiger partial charge is 0.262 e. The molecular formula is C18H24N6O2S. The zero-order valence-electron chi connectivity index (χ0n) is 15.6. The Morgan fingerprint density at radius 2 is 1.78 bits per heavy atom. The monoisotopic (exact) mass is 388 g/mol. The Morgan fingerprint density at radius 1 is 1.07 bits per heavy atom. The van der Waals surface area contributed by atoms with Gasteiger partial charge in [0.1, 0.15) is 18.0 Å². The quantitative estimate of drug-likeness (QED) is 0.781. The van der Waals surface area contributed by atoms with Gasteiger partial charge < -0.3 is 9.47 Å². The topological polar surface area (TPSA) is 84.2 Å². The first-order valence-corrected chi connectivity index (χ1v) is 10.9. The van der Waals surface area contributed by atoms with Crippen molar-refractivity contribution in [2.24, 2.45) is 18.9 Å². The van der Waals surface area contributed by atoms with Gasteiger partial charge in [0, 0.05) is 57.1 Å². The second-order valence-electron chi connectivity index (χ2n) is 8.06. The molecule has 27 heavy (non-hydrogen) atoms. The van der Waals surface area contributed by atoms with E-state index in [0.717, 1.165) is 24.6 Å². The third kappa shape index (κ3) is 2.93. The number of rotatable bonds is 4. The fraction of sp³-hybridized carbons (Fsp3) is 0.611. The minimum atomic E-state index is -3.52. The average molecular weight is 388 g/mol. The molecule has 2 aromatic heterocycles. The van der Waals surface area contributed by atoms with E-state index in [4.69, 9.17) is 0 Å². The number of hydrogen-bond acceptors (Lipinski definition) is 6. The lowest BCUT2D eigenvalue weighted by molar-refractivity contribution is 0.450. The van der Waals surface area contributed by atoms with Crippen molar-refractivity contribution in [2.75, 3.05) is 31.1 Å².